The van der Waals surface area contributed by atoms with Crippen LogP contribution in [0.1, 0.15) is 20.1 Å². The van der Waals surface area contributed by atoms with Crippen LogP contribution >= 0.6 is 19.3 Å². The molecule has 2 fully saturated rings. The fraction of sp³-hybridized carbons (Fsp3) is 0.478. The summed E-state index contributed by atoms with van der Waals surface area (Å²) in [6, 6.07) is 6.84. The number of esters is 1. The minimum Gasteiger partial charge on any atom is -0.465 e. The van der Waals surface area contributed by atoms with E-state index in [2.05, 4.69) is 25.4 Å². The van der Waals surface area contributed by atoms with Crippen molar-refractivity contribution in [3.8, 4) is 5.75 Å². The maximum absolute atomic E-state index is 16.1. The first-order chi connectivity index (χ1) is 19.0. The lowest BCUT2D eigenvalue weighted by molar-refractivity contribution is -0.144. The van der Waals surface area contributed by atoms with Crippen LogP contribution in [0.3, 0.4) is 0 Å². The molecule has 0 amide bonds. The minimum atomic E-state index is -4.46. The fourth-order valence-electron chi connectivity index (χ4n) is 4.77. The first-order valence-corrected chi connectivity index (χ1v) is 14.4. The van der Waals surface area contributed by atoms with Gasteiger partial charge >= 0.3 is 13.7 Å². The molecule has 1 aliphatic heterocycles. The zero-order valence-corrected chi connectivity index (χ0v) is 23.3. The molecule has 1 aliphatic carbocycles. The quantitative estimate of drug-likeness (QED) is 0.143. The highest BCUT2D eigenvalue weighted by molar-refractivity contribution is 7.52. The molecule has 0 bridgehead atoms. The van der Waals surface area contributed by atoms with Crippen molar-refractivity contribution in [1.29, 1.82) is 0 Å². The number of nitrogens with two attached hydrogens (primary N) is 1. The van der Waals surface area contributed by atoms with Gasteiger partial charge in [0.1, 0.15) is 23.5 Å². The summed E-state index contributed by atoms with van der Waals surface area (Å²) in [5, 5.41) is 16.8. The Balaban J connectivity index is 1.44. The number of carbonyl (C=O) groups excluding carboxylic acids is 1. The van der Waals surface area contributed by atoms with Crippen molar-refractivity contribution in [1.82, 2.24) is 24.6 Å². The summed E-state index contributed by atoms with van der Waals surface area (Å²) in [6.07, 6.45) is -3.85. The first-order valence-electron chi connectivity index (χ1n) is 12.3. The number of hydrogen-bond donors (Lipinski definition) is 4. The molecule has 2 aliphatic rings. The summed E-state index contributed by atoms with van der Waals surface area (Å²) < 4.78 is 53.6. The lowest BCUT2D eigenvalue weighted by atomic mass is 10.1. The van der Waals surface area contributed by atoms with E-state index in [9.17, 15) is 14.5 Å². The predicted molar refractivity (Wildman–Crippen MR) is 141 cm³/mol. The van der Waals surface area contributed by atoms with Gasteiger partial charge in [0.05, 0.1) is 18.8 Å². The van der Waals surface area contributed by atoms with Gasteiger partial charge in [0.25, 0.3) is 0 Å². The number of fused-ring (bicyclic) bond motifs is 2. The Hall–Kier alpha value is -3.07. The highest BCUT2D eigenvalue weighted by atomic mass is 35.5. The Morgan fingerprint density at radius 2 is 2.10 bits per heavy atom. The van der Waals surface area contributed by atoms with Crippen molar-refractivity contribution < 1.29 is 37.4 Å². The number of para-hydroxylation sites is 1. The topological polar surface area (TPSA) is 185 Å². The minimum absolute atomic E-state index is 0.0847. The maximum Gasteiger partial charge on any atom is 0.459 e. The lowest BCUT2D eigenvalue weighted by Gasteiger charge is -2.27. The SMILES string of the molecule is CCOC(=O)[C@H](C)N[P@@](=O)(Oc1ccccc1)OC1[C@@]2(CCl)O[C@@H](n3cnc4c(NC)nc(N)nc43)[C@H](F)[C@@]12O. The van der Waals surface area contributed by atoms with Crippen molar-refractivity contribution in [3.05, 3.63) is 36.7 Å². The number of benzene rings is 1. The summed E-state index contributed by atoms with van der Waals surface area (Å²) >= 11 is 6.21. The third-order valence-electron chi connectivity index (χ3n) is 6.77. The van der Waals surface area contributed by atoms with Gasteiger partial charge in [-0.05, 0) is 26.0 Å². The average molecular weight is 600 g/mol. The second kappa shape index (κ2) is 10.4. The van der Waals surface area contributed by atoms with Crippen LogP contribution in [0.25, 0.3) is 11.2 Å². The summed E-state index contributed by atoms with van der Waals surface area (Å²) in [6.45, 7) is 3.09. The van der Waals surface area contributed by atoms with Crippen LogP contribution in [-0.4, -0.2) is 79.6 Å². The molecule has 1 saturated heterocycles. The lowest BCUT2D eigenvalue weighted by Crippen LogP contribution is -2.38. The highest BCUT2D eigenvalue weighted by Crippen LogP contribution is 2.69. The van der Waals surface area contributed by atoms with E-state index < -0.39 is 55.3 Å². The van der Waals surface area contributed by atoms with E-state index in [1.54, 1.807) is 32.2 Å². The number of halogens is 2. The standard InChI is InChI=1S/C23H28ClFN7O7P/c1-4-36-19(33)12(2)31-40(35,38-13-8-6-5-7-9-13)39-20-22(10-24)23(20,34)15(25)18(37-22)32-11-28-14-16(27-3)29-21(26)30-17(14)32/h5-9,11-12,15,18,20,34H,4,10H2,1-3H3,(H,31,35)(H3,26,27,29,30)/t12-,15-,18+,20?,22+,23+,40+/m0/s1. The fourth-order valence-corrected chi connectivity index (χ4v) is 6.93. The molecule has 0 radical (unpaired) electrons. The van der Waals surface area contributed by atoms with Gasteiger partial charge in [0.15, 0.2) is 35.0 Å². The molecule has 7 atom stereocenters. The van der Waals surface area contributed by atoms with Crippen LogP contribution in [0.2, 0.25) is 0 Å². The number of alkyl halides is 2. The number of anilines is 2. The molecule has 40 heavy (non-hydrogen) atoms. The number of ether oxygens (including phenoxy) is 2. The van der Waals surface area contributed by atoms with Crippen molar-refractivity contribution in [2.45, 2.75) is 49.6 Å². The molecule has 216 valence electrons. The number of aromatic nitrogens is 4. The van der Waals surface area contributed by atoms with Crippen LogP contribution in [0.4, 0.5) is 16.2 Å². The van der Waals surface area contributed by atoms with Crippen LogP contribution in [-0.2, 0) is 23.4 Å². The largest absolute Gasteiger partial charge is 0.465 e. The van der Waals surface area contributed by atoms with E-state index in [1.165, 1.54) is 30.0 Å². The van der Waals surface area contributed by atoms with Gasteiger partial charge in [0, 0.05) is 7.05 Å². The molecule has 5 rings (SSSR count). The van der Waals surface area contributed by atoms with Crippen molar-refractivity contribution in [2.75, 3.05) is 30.6 Å². The van der Waals surface area contributed by atoms with Crippen molar-refractivity contribution >= 4 is 48.2 Å². The molecule has 17 heteroatoms. The van der Waals surface area contributed by atoms with Gasteiger partial charge in [-0.15, -0.1) is 11.6 Å². The third kappa shape index (κ3) is 4.46. The van der Waals surface area contributed by atoms with Gasteiger partial charge in [-0.1, -0.05) is 18.2 Å². The molecule has 1 aromatic carbocycles. The second-order valence-electron chi connectivity index (χ2n) is 9.25. The average Bonchev–Trinajstić information content (AvgIpc) is 3.17. The molecule has 3 aromatic rings. The zero-order valence-electron chi connectivity index (χ0n) is 21.7. The summed E-state index contributed by atoms with van der Waals surface area (Å²) in [5.74, 6) is -0.809. The van der Waals surface area contributed by atoms with E-state index in [0.29, 0.717) is 11.3 Å². The van der Waals surface area contributed by atoms with E-state index in [4.69, 9.17) is 35.9 Å². The molecule has 0 spiro atoms. The zero-order chi connectivity index (χ0) is 28.9. The number of nitrogens with zero attached hydrogens (tertiary/aromatic N) is 4. The van der Waals surface area contributed by atoms with Gasteiger partial charge < -0.3 is 30.2 Å². The predicted octanol–water partition coefficient (Wildman–Crippen LogP) is 2.15. The van der Waals surface area contributed by atoms with Gasteiger partial charge in [-0.3, -0.25) is 13.9 Å². The molecule has 2 aromatic heterocycles. The molecular weight excluding hydrogens is 572 g/mol. The monoisotopic (exact) mass is 599 g/mol. The van der Waals surface area contributed by atoms with Crippen LogP contribution in [0.5, 0.6) is 5.75 Å². The summed E-state index contributed by atoms with van der Waals surface area (Å²) in [7, 11) is -2.85. The van der Waals surface area contributed by atoms with Crippen LogP contribution < -0.4 is 20.7 Å². The van der Waals surface area contributed by atoms with Gasteiger partial charge in [0.2, 0.25) is 5.95 Å². The molecular formula is C23H28ClFN7O7P. The first kappa shape index (κ1) is 28.5. The van der Waals surface area contributed by atoms with E-state index in [1.807, 2.05) is 0 Å². The van der Waals surface area contributed by atoms with E-state index in [-0.39, 0.29) is 24.0 Å². The second-order valence-corrected chi connectivity index (χ2v) is 11.2. The molecule has 5 N–H and O–H groups in total. The number of hydrogen-bond acceptors (Lipinski definition) is 12. The molecule has 1 saturated carbocycles. The number of aliphatic hydroxyl groups is 1. The highest BCUT2D eigenvalue weighted by Gasteiger charge is 2.90. The molecule has 1 unspecified atom stereocenters. The Labute approximate surface area is 232 Å². The van der Waals surface area contributed by atoms with Gasteiger partial charge in [-0.25, -0.2) is 13.9 Å². The van der Waals surface area contributed by atoms with Crippen molar-refractivity contribution in [3.63, 3.8) is 0 Å². The Bertz CT molecular complexity index is 1460. The maximum atomic E-state index is 16.1. The third-order valence-corrected chi connectivity index (χ3v) is 8.81. The normalized spacial score (nSPS) is 29.4. The number of imidazole rings is 1. The Kier molecular flexibility index (Phi) is 7.40. The van der Waals surface area contributed by atoms with Crippen molar-refractivity contribution in [2.24, 2.45) is 0 Å². The number of nitrogen functional groups attached to an aromatic ring is 1. The summed E-state index contributed by atoms with van der Waals surface area (Å²) in [5.41, 5.74) is 2.08. The van der Waals surface area contributed by atoms with E-state index >= 15 is 4.39 Å². The summed E-state index contributed by atoms with van der Waals surface area (Å²) in [4.78, 5) is 24.7. The Morgan fingerprint density at radius 3 is 2.73 bits per heavy atom. The molecule has 14 nitrogen and oxygen atoms in total. The molecule has 3 heterocycles. The van der Waals surface area contributed by atoms with Crippen LogP contribution in [0, 0.1) is 0 Å². The number of nitrogens with one attached hydrogen (secondary N) is 2. The Morgan fingerprint density at radius 1 is 1.38 bits per heavy atom. The van der Waals surface area contributed by atoms with Crippen LogP contribution in [0.15, 0.2) is 36.7 Å². The number of rotatable bonds is 11. The smallest absolute Gasteiger partial charge is 0.459 e. The number of carbonyl (C=O) groups is 1. The van der Waals surface area contributed by atoms with Gasteiger partial charge in [-0.2, -0.15) is 15.1 Å². The van der Waals surface area contributed by atoms with E-state index in [0.717, 1.165) is 0 Å².